The molecule has 0 radical (unpaired) electrons. The van der Waals surface area contributed by atoms with E-state index < -0.39 is 0 Å². The lowest BCUT2D eigenvalue weighted by molar-refractivity contribution is 0.0981. The van der Waals surface area contributed by atoms with Crippen LogP contribution < -0.4 is 10.6 Å². The Bertz CT molecular complexity index is 630. The minimum atomic E-state index is -0.190. The molecule has 0 aliphatic rings. The quantitative estimate of drug-likeness (QED) is 0.778. The van der Waals surface area contributed by atoms with Crippen molar-refractivity contribution in [3.63, 3.8) is 0 Å². The van der Waals surface area contributed by atoms with Gasteiger partial charge in [0.2, 0.25) is 0 Å². The number of anilines is 1. The summed E-state index contributed by atoms with van der Waals surface area (Å²) in [5.74, 6) is -0.190. The van der Waals surface area contributed by atoms with Crippen LogP contribution in [-0.4, -0.2) is 11.0 Å². The molecule has 1 heterocycles. The zero-order valence-corrected chi connectivity index (χ0v) is 14.2. The summed E-state index contributed by atoms with van der Waals surface area (Å²) in [6.07, 6.45) is 0. The molecule has 0 saturated heterocycles. The van der Waals surface area contributed by atoms with Gasteiger partial charge in [-0.2, -0.15) is 0 Å². The average Bonchev–Trinajstić information content (AvgIpc) is 2.87. The van der Waals surface area contributed by atoms with E-state index in [1.54, 1.807) is 6.07 Å². The molecule has 0 aliphatic heterocycles. The highest BCUT2D eigenvalue weighted by Crippen LogP contribution is 2.25. The first-order chi connectivity index (χ1) is 9.47. The minimum Gasteiger partial charge on any atom is -0.332 e. The Hall–Kier alpha value is -1.24. The SMILES string of the molecule is Cc1cc(Br)cc(C)c1NC(=S)NC(=O)c1cccs1. The maximum atomic E-state index is 11.9. The summed E-state index contributed by atoms with van der Waals surface area (Å²) in [5, 5.41) is 7.92. The van der Waals surface area contributed by atoms with E-state index in [1.807, 2.05) is 37.4 Å². The van der Waals surface area contributed by atoms with Crippen LogP contribution in [0.4, 0.5) is 5.69 Å². The molecule has 20 heavy (non-hydrogen) atoms. The van der Waals surface area contributed by atoms with Crippen LogP contribution in [-0.2, 0) is 0 Å². The van der Waals surface area contributed by atoms with Gasteiger partial charge in [0.05, 0.1) is 4.88 Å². The van der Waals surface area contributed by atoms with Crippen LogP contribution in [0.3, 0.4) is 0 Å². The van der Waals surface area contributed by atoms with Crippen molar-refractivity contribution < 1.29 is 4.79 Å². The van der Waals surface area contributed by atoms with Gasteiger partial charge in [-0.3, -0.25) is 10.1 Å². The summed E-state index contributed by atoms with van der Waals surface area (Å²) in [7, 11) is 0. The standard InChI is InChI=1S/C14H13BrN2OS2/c1-8-6-10(15)7-9(2)12(8)16-14(19)17-13(18)11-4-3-5-20-11/h3-7H,1-2H3,(H2,16,17,18,19). The predicted octanol–water partition coefficient (Wildman–Crippen LogP) is 4.25. The number of carbonyl (C=O) groups is 1. The van der Waals surface area contributed by atoms with Crippen molar-refractivity contribution in [1.82, 2.24) is 5.32 Å². The summed E-state index contributed by atoms with van der Waals surface area (Å²) in [4.78, 5) is 12.5. The lowest BCUT2D eigenvalue weighted by atomic mass is 10.1. The maximum absolute atomic E-state index is 11.9. The van der Waals surface area contributed by atoms with E-state index in [0.29, 0.717) is 9.99 Å². The van der Waals surface area contributed by atoms with Crippen molar-refractivity contribution in [3.05, 3.63) is 50.1 Å². The number of benzene rings is 1. The number of carbonyl (C=O) groups excluding carboxylic acids is 1. The Kier molecular flexibility index (Phi) is 4.91. The first kappa shape index (κ1) is 15.2. The molecule has 1 amide bonds. The summed E-state index contributed by atoms with van der Waals surface area (Å²) in [6, 6.07) is 7.59. The first-order valence-electron chi connectivity index (χ1n) is 5.90. The maximum Gasteiger partial charge on any atom is 0.267 e. The lowest BCUT2D eigenvalue weighted by Gasteiger charge is -2.14. The predicted molar refractivity (Wildman–Crippen MR) is 91.6 cm³/mol. The van der Waals surface area contributed by atoms with Gasteiger partial charge in [0, 0.05) is 10.2 Å². The van der Waals surface area contributed by atoms with Crippen molar-refractivity contribution in [2.75, 3.05) is 5.32 Å². The van der Waals surface area contributed by atoms with Crippen LogP contribution in [0.15, 0.2) is 34.1 Å². The molecule has 1 aromatic carbocycles. The molecule has 0 saturated carbocycles. The second kappa shape index (κ2) is 6.47. The van der Waals surface area contributed by atoms with Crippen molar-refractivity contribution >= 4 is 56.2 Å². The molecular weight excluding hydrogens is 356 g/mol. The second-order valence-electron chi connectivity index (χ2n) is 4.30. The van der Waals surface area contributed by atoms with Gasteiger partial charge in [-0.1, -0.05) is 22.0 Å². The van der Waals surface area contributed by atoms with Crippen LogP contribution >= 0.6 is 39.5 Å². The van der Waals surface area contributed by atoms with Crippen LogP contribution in [0, 0.1) is 13.8 Å². The van der Waals surface area contributed by atoms with E-state index in [0.717, 1.165) is 21.3 Å². The number of thiophene rings is 1. The van der Waals surface area contributed by atoms with Gasteiger partial charge in [0.25, 0.3) is 5.91 Å². The van der Waals surface area contributed by atoms with E-state index in [2.05, 4.69) is 26.6 Å². The Balaban J connectivity index is 2.07. The zero-order valence-electron chi connectivity index (χ0n) is 11.0. The molecule has 0 bridgehead atoms. The number of aryl methyl sites for hydroxylation is 2. The van der Waals surface area contributed by atoms with Crippen molar-refractivity contribution in [1.29, 1.82) is 0 Å². The third-order valence-corrected chi connectivity index (χ3v) is 4.24. The molecule has 2 rings (SSSR count). The highest BCUT2D eigenvalue weighted by Gasteiger charge is 2.11. The van der Waals surface area contributed by atoms with E-state index in [1.165, 1.54) is 11.3 Å². The molecule has 104 valence electrons. The fourth-order valence-electron chi connectivity index (χ4n) is 1.83. The monoisotopic (exact) mass is 368 g/mol. The molecule has 0 fully saturated rings. The van der Waals surface area contributed by atoms with Crippen molar-refractivity contribution in [2.24, 2.45) is 0 Å². The number of thiocarbonyl (C=S) groups is 1. The smallest absolute Gasteiger partial charge is 0.267 e. The van der Waals surface area contributed by atoms with Gasteiger partial charge < -0.3 is 5.32 Å². The van der Waals surface area contributed by atoms with E-state index in [9.17, 15) is 4.79 Å². The Morgan fingerprint density at radius 3 is 2.50 bits per heavy atom. The fourth-order valence-corrected chi connectivity index (χ4v) is 3.33. The Morgan fingerprint density at radius 1 is 1.30 bits per heavy atom. The topological polar surface area (TPSA) is 41.1 Å². The lowest BCUT2D eigenvalue weighted by Crippen LogP contribution is -2.34. The van der Waals surface area contributed by atoms with Gasteiger partial charge in [-0.15, -0.1) is 11.3 Å². The summed E-state index contributed by atoms with van der Waals surface area (Å²) >= 11 is 10.0. The van der Waals surface area contributed by atoms with Crippen LogP contribution in [0.2, 0.25) is 0 Å². The van der Waals surface area contributed by atoms with Gasteiger partial charge in [-0.25, -0.2) is 0 Å². The van der Waals surface area contributed by atoms with Crippen molar-refractivity contribution in [2.45, 2.75) is 13.8 Å². The highest BCUT2D eigenvalue weighted by atomic mass is 79.9. The number of nitrogens with one attached hydrogen (secondary N) is 2. The third kappa shape index (κ3) is 3.65. The molecule has 2 aromatic rings. The number of halogens is 1. The van der Waals surface area contributed by atoms with Crippen LogP contribution in [0.1, 0.15) is 20.8 Å². The molecule has 0 aliphatic carbocycles. The number of rotatable bonds is 2. The fraction of sp³-hybridized carbons (Fsp3) is 0.143. The molecule has 2 N–H and O–H groups in total. The zero-order chi connectivity index (χ0) is 14.7. The van der Waals surface area contributed by atoms with E-state index >= 15 is 0 Å². The molecular formula is C14H13BrN2OS2. The third-order valence-electron chi connectivity index (χ3n) is 2.71. The highest BCUT2D eigenvalue weighted by molar-refractivity contribution is 9.10. The molecule has 6 heteroatoms. The molecule has 0 unspecified atom stereocenters. The van der Waals surface area contributed by atoms with Crippen LogP contribution in [0.25, 0.3) is 0 Å². The normalized spacial score (nSPS) is 10.2. The second-order valence-corrected chi connectivity index (χ2v) is 6.57. The molecule has 0 spiro atoms. The van der Waals surface area contributed by atoms with Crippen molar-refractivity contribution in [3.8, 4) is 0 Å². The van der Waals surface area contributed by atoms with Gasteiger partial charge in [-0.05, 0) is 60.8 Å². The van der Waals surface area contributed by atoms with Gasteiger partial charge in [0.1, 0.15) is 0 Å². The molecule has 0 atom stereocenters. The first-order valence-corrected chi connectivity index (χ1v) is 7.98. The minimum absolute atomic E-state index is 0.190. The number of amides is 1. The summed E-state index contributed by atoms with van der Waals surface area (Å²) < 4.78 is 1.02. The summed E-state index contributed by atoms with van der Waals surface area (Å²) in [6.45, 7) is 3.98. The molecule has 1 aromatic heterocycles. The number of hydrogen-bond acceptors (Lipinski definition) is 3. The van der Waals surface area contributed by atoms with E-state index in [-0.39, 0.29) is 5.91 Å². The van der Waals surface area contributed by atoms with Gasteiger partial charge in [0.15, 0.2) is 5.11 Å². The Morgan fingerprint density at radius 2 is 1.95 bits per heavy atom. The largest absolute Gasteiger partial charge is 0.332 e. The Labute approximate surface area is 135 Å². The van der Waals surface area contributed by atoms with Gasteiger partial charge >= 0.3 is 0 Å². The van der Waals surface area contributed by atoms with Crippen LogP contribution in [0.5, 0.6) is 0 Å². The molecule has 3 nitrogen and oxygen atoms in total. The average molecular weight is 369 g/mol. The summed E-state index contributed by atoms with van der Waals surface area (Å²) in [5.41, 5.74) is 3.04. The van der Waals surface area contributed by atoms with E-state index in [4.69, 9.17) is 12.2 Å². The number of hydrogen-bond donors (Lipinski definition) is 2.